The highest BCUT2D eigenvalue weighted by atomic mass is 16.1. The largest absolute Gasteiger partial charge is 0.356 e. The molecule has 3 nitrogen and oxygen atoms in total. The Balaban J connectivity index is 1.71. The summed E-state index contributed by atoms with van der Waals surface area (Å²) in [6, 6.07) is 9.61. The van der Waals surface area contributed by atoms with Gasteiger partial charge in [0.05, 0.1) is 0 Å². The van der Waals surface area contributed by atoms with Crippen molar-refractivity contribution in [2.24, 2.45) is 11.7 Å². The molecule has 0 spiro atoms. The van der Waals surface area contributed by atoms with E-state index in [9.17, 15) is 4.79 Å². The average molecular weight is 260 g/mol. The lowest BCUT2D eigenvalue weighted by Crippen LogP contribution is -2.32. The molecular formula is C16H24N2O. The summed E-state index contributed by atoms with van der Waals surface area (Å²) in [7, 11) is 0. The fourth-order valence-corrected chi connectivity index (χ4v) is 2.74. The third-order valence-electron chi connectivity index (χ3n) is 3.95. The standard InChI is InChI=1S/C16H24N2O/c17-15(14-9-5-2-6-10-14)11-16(19)18-12-13-7-3-1-4-8-13/h2,5-6,9-10,13,15H,1,3-4,7-8,11-12,17H2,(H,18,19)/t15-/m0/s1. The molecule has 0 bridgehead atoms. The lowest BCUT2D eigenvalue weighted by atomic mass is 9.89. The van der Waals surface area contributed by atoms with Gasteiger partial charge in [-0.05, 0) is 24.3 Å². The third kappa shape index (κ3) is 4.67. The number of nitrogens with two attached hydrogens (primary N) is 1. The molecule has 0 saturated heterocycles. The van der Waals surface area contributed by atoms with E-state index in [1.54, 1.807) is 0 Å². The van der Waals surface area contributed by atoms with E-state index in [1.165, 1.54) is 32.1 Å². The molecule has 3 heteroatoms. The lowest BCUT2D eigenvalue weighted by Gasteiger charge is -2.22. The van der Waals surface area contributed by atoms with Gasteiger partial charge in [-0.15, -0.1) is 0 Å². The molecule has 0 heterocycles. The first-order valence-corrected chi connectivity index (χ1v) is 7.33. The molecular weight excluding hydrogens is 236 g/mol. The van der Waals surface area contributed by atoms with E-state index in [0.717, 1.165) is 12.1 Å². The minimum atomic E-state index is -0.201. The Labute approximate surface area is 115 Å². The fraction of sp³-hybridized carbons (Fsp3) is 0.562. The van der Waals surface area contributed by atoms with Gasteiger partial charge in [0.1, 0.15) is 0 Å². The Bertz CT molecular complexity index is 385. The molecule has 1 atom stereocenters. The van der Waals surface area contributed by atoms with Crippen molar-refractivity contribution >= 4 is 5.91 Å². The molecule has 1 fully saturated rings. The number of benzene rings is 1. The van der Waals surface area contributed by atoms with E-state index >= 15 is 0 Å². The van der Waals surface area contributed by atoms with E-state index in [0.29, 0.717) is 12.3 Å². The second kappa shape index (κ2) is 7.29. The number of amides is 1. The van der Waals surface area contributed by atoms with Gasteiger partial charge >= 0.3 is 0 Å². The van der Waals surface area contributed by atoms with E-state index in [1.807, 2.05) is 30.3 Å². The first-order chi connectivity index (χ1) is 9.25. The molecule has 1 aliphatic rings. The number of hydrogen-bond acceptors (Lipinski definition) is 2. The maximum Gasteiger partial charge on any atom is 0.221 e. The number of rotatable bonds is 5. The second-order valence-corrected chi connectivity index (χ2v) is 5.53. The van der Waals surface area contributed by atoms with Crippen LogP contribution in [0.2, 0.25) is 0 Å². The summed E-state index contributed by atoms with van der Waals surface area (Å²) in [5.41, 5.74) is 7.07. The number of hydrogen-bond donors (Lipinski definition) is 2. The van der Waals surface area contributed by atoms with Crippen LogP contribution >= 0.6 is 0 Å². The highest BCUT2D eigenvalue weighted by Crippen LogP contribution is 2.22. The molecule has 3 N–H and O–H groups in total. The van der Waals surface area contributed by atoms with Crippen LogP contribution in [0.25, 0.3) is 0 Å². The molecule has 104 valence electrons. The first kappa shape index (κ1) is 14.1. The van der Waals surface area contributed by atoms with Crippen molar-refractivity contribution in [1.29, 1.82) is 0 Å². The van der Waals surface area contributed by atoms with Crippen LogP contribution in [0.5, 0.6) is 0 Å². The van der Waals surface area contributed by atoms with Crippen LogP contribution in [-0.2, 0) is 4.79 Å². The molecule has 1 aromatic rings. The van der Waals surface area contributed by atoms with Crippen LogP contribution in [0.1, 0.15) is 50.1 Å². The summed E-state index contributed by atoms with van der Waals surface area (Å²) in [6.07, 6.45) is 6.85. The Morgan fingerprint density at radius 1 is 1.21 bits per heavy atom. The van der Waals surface area contributed by atoms with E-state index in [4.69, 9.17) is 5.73 Å². The van der Waals surface area contributed by atoms with Crippen molar-refractivity contribution in [2.75, 3.05) is 6.54 Å². The van der Waals surface area contributed by atoms with Crippen molar-refractivity contribution in [2.45, 2.75) is 44.6 Å². The molecule has 0 aromatic heterocycles. The maximum atomic E-state index is 11.9. The van der Waals surface area contributed by atoms with E-state index in [2.05, 4.69) is 5.32 Å². The van der Waals surface area contributed by atoms with Crippen LogP contribution in [0.15, 0.2) is 30.3 Å². The van der Waals surface area contributed by atoms with Crippen molar-refractivity contribution in [1.82, 2.24) is 5.32 Å². The highest BCUT2D eigenvalue weighted by Gasteiger charge is 2.16. The molecule has 0 radical (unpaired) electrons. The van der Waals surface area contributed by atoms with Gasteiger partial charge in [0.25, 0.3) is 0 Å². The predicted molar refractivity (Wildman–Crippen MR) is 77.6 cm³/mol. The summed E-state index contributed by atoms with van der Waals surface area (Å²) in [6.45, 7) is 0.820. The Morgan fingerprint density at radius 3 is 2.58 bits per heavy atom. The molecule has 0 aliphatic heterocycles. The topological polar surface area (TPSA) is 55.1 Å². The minimum absolute atomic E-state index is 0.0712. The van der Waals surface area contributed by atoms with Crippen LogP contribution in [0.3, 0.4) is 0 Å². The summed E-state index contributed by atoms with van der Waals surface area (Å²) >= 11 is 0. The molecule has 19 heavy (non-hydrogen) atoms. The number of carbonyl (C=O) groups excluding carboxylic acids is 1. The van der Waals surface area contributed by atoms with E-state index in [-0.39, 0.29) is 11.9 Å². The van der Waals surface area contributed by atoms with Gasteiger partial charge in [-0.1, -0.05) is 49.6 Å². The molecule has 1 amide bonds. The molecule has 1 aliphatic carbocycles. The van der Waals surface area contributed by atoms with Gasteiger partial charge in [-0.3, -0.25) is 4.79 Å². The molecule has 1 saturated carbocycles. The Hall–Kier alpha value is -1.35. The normalized spacial score (nSPS) is 17.9. The molecule has 0 unspecified atom stereocenters. The van der Waals surface area contributed by atoms with Gasteiger partial charge in [0, 0.05) is 19.0 Å². The van der Waals surface area contributed by atoms with Gasteiger partial charge in [0.2, 0.25) is 5.91 Å². The van der Waals surface area contributed by atoms with Crippen molar-refractivity contribution in [3.63, 3.8) is 0 Å². The summed E-state index contributed by atoms with van der Waals surface area (Å²) < 4.78 is 0. The number of nitrogens with one attached hydrogen (secondary N) is 1. The van der Waals surface area contributed by atoms with Crippen LogP contribution in [0, 0.1) is 5.92 Å². The fourth-order valence-electron chi connectivity index (χ4n) is 2.74. The van der Waals surface area contributed by atoms with Crippen LogP contribution in [0.4, 0.5) is 0 Å². The van der Waals surface area contributed by atoms with Crippen LogP contribution < -0.4 is 11.1 Å². The molecule has 2 rings (SSSR count). The van der Waals surface area contributed by atoms with Gasteiger partial charge in [-0.2, -0.15) is 0 Å². The zero-order chi connectivity index (χ0) is 13.5. The first-order valence-electron chi connectivity index (χ1n) is 7.33. The quantitative estimate of drug-likeness (QED) is 0.855. The zero-order valence-electron chi connectivity index (χ0n) is 11.5. The third-order valence-corrected chi connectivity index (χ3v) is 3.95. The Kier molecular flexibility index (Phi) is 5.40. The number of carbonyl (C=O) groups is 1. The lowest BCUT2D eigenvalue weighted by molar-refractivity contribution is -0.121. The maximum absolute atomic E-state index is 11.9. The second-order valence-electron chi connectivity index (χ2n) is 5.53. The summed E-state index contributed by atoms with van der Waals surface area (Å²) in [5.74, 6) is 0.743. The van der Waals surface area contributed by atoms with Crippen molar-refractivity contribution in [3.05, 3.63) is 35.9 Å². The van der Waals surface area contributed by atoms with Gasteiger partial charge in [0.15, 0.2) is 0 Å². The van der Waals surface area contributed by atoms with Crippen LogP contribution in [-0.4, -0.2) is 12.5 Å². The molecule has 1 aromatic carbocycles. The summed E-state index contributed by atoms with van der Waals surface area (Å²) in [5, 5.41) is 3.03. The minimum Gasteiger partial charge on any atom is -0.356 e. The van der Waals surface area contributed by atoms with Gasteiger partial charge in [-0.25, -0.2) is 0 Å². The highest BCUT2D eigenvalue weighted by molar-refractivity contribution is 5.76. The van der Waals surface area contributed by atoms with E-state index < -0.39 is 0 Å². The van der Waals surface area contributed by atoms with Crippen molar-refractivity contribution in [3.8, 4) is 0 Å². The average Bonchev–Trinajstić information content (AvgIpc) is 2.47. The van der Waals surface area contributed by atoms with Gasteiger partial charge < -0.3 is 11.1 Å². The smallest absolute Gasteiger partial charge is 0.221 e. The Morgan fingerprint density at radius 2 is 1.89 bits per heavy atom. The van der Waals surface area contributed by atoms with Crippen molar-refractivity contribution < 1.29 is 4.79 Å². The SMILES string of the molecule is N[C@@H](CC(=O)NCC1CCCCC1)c1ccccc1. The monoisotopic (exact) mass is 260 g/mol. The predicted octanol–water partition coefficient (Wildman–Crippen LogP) is 2.77. The zero-order valence-corrected chi connectivity index (χ0v) is 11.5. The summed E-state index contributed by atoms with van der Waals surface area (Å²) in [4.78, 5) is 11.9.